The number of hydrogen-bond acceptors (Lipinski definition) is 6. The molecule has 8 heteroatoms. The second-order valence-electron chi connectivity index (χ2n) is 8.89. The third kappa shape index (κ3) is 4.20. The van der Waals surface area contributed by atoms with Crippen molar-refractivity contribution >= 4 is 35.1 Å². The van der Waals surface area contributed by atoms with Crippen molar-refractivity contribution in [3.8, 4) is 11.5 Å². The molecule has 2 aromatic rings. The summed E-state index contributed by atoms with van der Waals surface area (Å²) in [6.45, 7) is 2.54. The second kappa shape index (κ2) is 9.37. The van der Waals surface area contributed by atoms with Crippen LogP contribution < -0.4 is 19.3 Å². The largest absolute Gasteiger partial charge is 0.492 e. The van der Waals surface area contributed by atoms with Crippen molar-refractivity contribution < 1.29 is 28.7 Å². The number of imide groups is 1. The average molecular weight is 475 g/mol. The van der Waals surface area contributed by atoms with Crippen molar-refractivity contribution in [1.82, 2.24) is 0 Å². The highest BCUT2D eigenvalue weighted by Gasteiger charge is 2.47. The number of esters is 1. The molecule has 180 valence electrons. The van der Waals surface area contributed by atoms with E-state index in [2.05, 4.69) is 0 Å². The summed E-state index contributed by atoms with van der Waals surface area (Å²) in [5, 5.41) is 0. The van der Waals surface area contributed by atoms with Gasteiger partial charge in [0.15, 0.2) is 0 Å². The molecule has 0 spiro atoms. The minimum atomic E-state index is -0.616. The van der Waals surface area contributed by atoms with Crippen LogP contribution in [0.25, 0.3) is 0 Å². The van der Waals surface area contributed by atoms with Crippen LogP contribution in [0.5, 0.6) is 11.5 Å². The quantitative estimate of drug-likeness (QED) is 0.275. The topological polar surface area (TPSA) is 93.2 Å². The lowest BCUT2D eigenvalue weighted by atomic mass is 9.85. The monoisotopic (exact) mass is 474 g/mol. The number of allylic oxidation sites excluding steroid dienone is 2. The Hall–Kier alpha value is -3.94. The van der Waals surface area contributed by atoms with Gasteiger partial charge in [-0.2, -0.15) is 0 Å². The Morgan fingerprint density at radius 2 is 1.60 bits per heavy atom. The summed E-state index contributed by atoms with van der Waals surface area (Å²) in [7, 11) is 0. The van der Waals surface area contributed by atoms with E-state index in [4.69, 9.17) is 9.47 Å². The average Bonchev–Trinajstić information content (AvgIpc) is 3.38. The molecule has 3 atom stereocenters. The number of benzene rings is 2. The highest BCUT2D eigenvalue weighted by Crippen LogP contribution is 2.38. The summed E-state index contributed by atoms with van der Waals surface area (Å²) in [5.41, 5.74) is 1.10. The highest BCUT2D eigenvalue weighted by molar-refractivity contribution is 6.22. The molecule has 0 bridgehead atoms. The van der Waals surface area contributed by atoms with E-state index >= 15 is 0 Å². The van der Waals surface area contributed by atoms with E-state index in [-0.39, 0.29) is 48.3 Å². The maximum atomic E-state index is 12.8. The van der Waals surface area contributed by atoms with Crippen molar-refractivity contribution in [1.29, 1.82) is 0 Å². The molecule has 3 aliphatic rings. The van der Waals surface area contributed by atoms with Crippen molar-refractivity contribution in [3.05, 3.63) is 60.7 Å². The van der Waals surface area contributed by atoms with Gasteiger partial charge >= 0.3 is 5.97 Å². The number of fused-ring (bicyclic) bond motifs is 1. The Labute approximate surface area is 203 Å². The molecule has 0 aromatic heterocycles. The molecule has 0 N–H and O–H groups in total. The predicted octanol–water partition coefficient (Wildman–Crippen LogP) is 3.50. The Morgan fingerprint density at radius 1 is 0.943 bits per heavy atom. The molecule has 2 saturated heterocycles. The molecule has 0 saturated carbocycles. The number of hydrogen-bond donors (Lipinski definition) is 0. The first-order valence-corrected chi connectivity index (χ1v) is 11.8. The SMILES string of the molecule is CCOc1ccccc1N1C[C@@H](C(=O)Oc2ccc(N3C(=O)[C@H]4CC=CC[C@H]4C3=O)cc2)CC1=O. The zero-order valence-corrected chi connectivity index (χ0v) is 19.4. The molecule has 0 radical (unpaired) electrons. The Bertz CT molecular complexity index is 1180. The van der Waals surface area contributed by atoms with Gasteiger partial charge in [-0.15, -0.1) is 0 Å². The number of carbonyl (C=O) groups excluding carboxylic acids is 4. The van der Waals surface area contributed by atoms with Gasteiger partial charge in [-0.25, -0.2) is 0 Å². The number of para-hydroxylation sites is 2. The third-order valence-corrected chi connectivity index (χ3v) is 6.74. The first kappa shape index (κ1) is 22.8. The van der Waals surface area contributed by atoms with Crippen molar-refractivity contribution in [2.24, 2.45) is 17.8 Å². The fourth-order valence-corrected chi connectivity index (χ4v) is 4.97. The van der Waals surface area contributed by atoms with Gasteiger partial charge in [-0.1, -0.05) is 24.3 Å². The maximum absolute atomic E-state index is 12.8. The molecule has 8 nitrogen and oxygen atoms in total. The second-order valence-corrected chi connectivity index (χ2v) is 8.89. The molecule has 2 heterocycles. The van der Waals surface area contributed by atoms with E-state index in [9.17, 15) is 19.2 Å². The predicted molar refractivity (Wildman–Crippen MR) is 128 cm³/mol. The van der Waals surface area contributed by atoms with Crippen molar-refractivity contribution in [3.63, 3.8) is 0 Å². The molecule has 0 unspecified atom stereocenters. The van der Waals surface area contributed by atoms with Gasteiger partial charge in [0.1, 0.15) is 11.5 Å². The lowest BCUT2D eigenvalue weighted by Gasteiger charge is -2.20. The van der Waals surface area contributed by atoms with Crippen LogP contribution in [0.1, 0.15) is 26.2 Å². The van der Waals surface area contributed by atoms with Gasteiger partial charge < -0.3 is 14.4 Å². The summed E-state index contributed by atoms with van der Waals surface area (Å²) in [5.74, 6) is -1.40. The molecule has 3 amide bonds. The Morgan fingerprint density at radius 3 is 2.26 bits per heavy atom. The highest BCUT2D eigenvalue weighted by atomic mass is 16.5. The number of ether oxygens (including phenoxy) is 2. The van der Waals surface area contributed by atoms with E-state index in [0.29, 0.717) is 36.6 Å². The van der Waals surface area contributed by atoms with Crippen molar-refractivity contribution in [2.45, 2.75) is 26.2 Å². The van der Waals surface area contributed by atoms with E-state index in [1.54, 1.807) is 41.3 Å². The van der Waals surface area contributed by atoms with Gasteiger partial charge in [0.05, 0.1) is 35.7 Å². The van der Waals surface area contributed by atoms with Crippen LogP contribution in [-0.2, 0) is 19.2 Å². The lowest BCUT2D eigenvalue weighted by Crippen LogP contribution is -2.30. The number of rotatable bonds is 6. The summed E-state index contributed by atoms with van der Waals surface area (Å²) >= 11 is 0. The molecule has 1 aliphatic carbocycles. The minimum absolute atomic E-state index is 0.0466. The third-order valence-electron chi connectivity index (χ3n) is 6.74. The Kier molecular flexibility index (Phi) is 6.11. The molecular weight excluding hydrogens is 448 g/mol. The smallest absolute Gasteiger partial charge is 0.316 e. The molecule has 2 aromatic carbocycles. The van der Waals surface area contributed by atoms with Gasteiger partial charge in [0.25, 0.3) is 0 Å². The van der Waals surface area contributed by atoms with Crippen LogP contribution in [0.15, 0.2) is 60.7 Å². The standard InChI is InChI=1S/C27H26N2O6/c1-2-34-23-10-6-5-9-22(23)28-16-17(15-24(28)30)27(33)35-19-13-11-18(12-14-19)29-25(31)20-7-3-4-8-21(20)26(29)32/h3-6,9-14,17,20-21H,2,7-8,15-16H2,1H3/t17-,20-,21+/m0/s1. The number of anilines is 2. The summed E-state index contributed by atoms with van der Waals surface area (Å²) < 4.78 is 11.2. The van der Waals surface area contributed by atoms with E-state index in [1.165, 1.54) is 4.90 Å². The molecule has 35 heavy (non-hydrogen) atoms. The molecule has 5 rings (SSSR count). The normalized spacial score (nSPS) is 23.6. The van der Waals surface area contributed by atoms with E-state index < -0.39 is 11.9 Å². The van der Waals surface area contributed by atoms with Crippen LogP contribution in [0.3, 0.4) is 0 Å². The van der Waals surface area contributed by atoms with Gasteiger partial charge in [-0.05, 0) is 56.2 Å². The zero-order chi connectivity index (χ0) is 24.5. The minimum Gasteiger partial charge on any atom is -0.492 e. The summed E-state index contributed by atoms with van der Waals surface area (Å²) in [4.78, 5) is 53.8. The summed E-state index contributed by atoms with van der Waals surface area (Å²) in [6, 6.07) is 13.6. The van der Waals surface area contributed by atoms with Crippen LogP contribution in [-0.4, -0.2) is 36.8 Å². The molecule has 2 fully saturated rings. The van der Waals surface area contributed by atoms with Crippen LogP contribution in [0.2, 0.25) is 0 Å². The van der Waals surface area contributed by atoms with E-state index in [1.807, 2.05) is 31.2 Å². The van der Waals surface area contributed by atoms with Crippen molar-refractivity contribution in [2.75, 3.05) is 23.0 Å². The maximum Gasteiger partial charge on any atom is 0.316 e. The molecule has 2 aliphatic heterocycles. The van der Waals surface area contributed by atoms with Crippen LogP contribution in [0, 0.1) is 17.8 Å². The number of amides is 3. The van der Waals surface area contributed by atoms with Gasteiger partial charge in [-0.3, -0.25) is 24.1 Å². The Balaban J connectivity index is 1.25. The molecular formula is C27H26N2O6. The fourth-order valence-electron chi connectivity index (χ4n) is 4.97. The number of carbonyl (C=O) groups is 4. The summed E-state index contributed by atoms with van der Waals surface area (Å²) in [6.07, 6.45) is 5.09. The fraction of sp³-hybridized carbons (Fsp3) is 0.333. The zero-order valence-electron chi connectivity index (χ0n) is 19.4. The van der Waals surface area contributed by atoms with Gasteiger partial charge in [0, 0.05) is 13.0 Å². The van der Waals surface area contributed by atoms with Crippen LogP contribution in [0.4, 0.5) is 11.4 Å². The van der Waals surface area contributed by atoms with Crippen LogP contribution >= 0.6 is 0 Å². The first-order chi connectivity index (χ1) is 17.0. The lowest BCUT2D eigenvalue weighted by molar-refractivity contribution is -0.139. The number of nitrogens with zero attached hydrogens (tertiary/aromatic N) is 2. The van der Waals surface area contributed by atoms with E-state index in [0.717, 1.165) is 0 Å². The first-order valence-electron chi connectivity index (χ1n) is 11.8. The van der Waals surface area contributed by atoms with Gasteiger partial charge in [0.2, 0.25) is 17.7 Å².